The summed E-state index contributed by atoms with van der Waals surface area (Å²) in [7, 11) is 0.691. The first kappa shape index (κ1) is 20.1. The van der Waals surface area contributed by atoms with E-state index in [-0.39, 0.29) is 12.1 Å². The normalized spacial score (nSPS) is 16.8. The summed E-state index contributed by atoms with van der Waals surface area (Å²) in [6.45, 7) is 0.0355. The van der Waals surface area contributed by atoms with Gasteiger partial charge in [-0.15, -0.1) is 0 Å². The Morgan fingerprint density at radius 2 is 2.03 bits per heavy atom. The summed E-state index contributed by atoms with van der Waals surface area (Å²) in [5, 5.41) is 14.1. The summed E-state index contributed by atoms with van der Waals surface area (Å²) in [5.74, 6) is 0.733. The molecule has 152 valence electrons. The number of aliphatic hydroxyl groups excluding tert-OH is 1. The number of aromatic nitrogens is 3. The molecule has 4 rings (SSSR count). The van der Waals surface area contributed by atoms with Crippen LogP contribution in [0.2, 0.25) is 5.02 Å². The van der Waals surface area contributed by atoms with Gasteiger partial charge in [-0.25, -0.2) is 9.97 Å². The van der Waals surface area contributed by atoms with Crippen molar-refractivity contribution in [3.8, 4) is 0 Å². The van der Waals surface area contributed by atoms with E-state index in [1.165, 1.54) is 0 Å². The van der Waals surface area contributed by atoms with Gasteiger partial charge in [0.25, 0.3) is 0 Å². The molecule has 0 bridgehead atoms. The minimum Gasteiger partial charge on any atom is -0.394 e. The summed E-state index contributed by atoms with van der Waals surface area (Å²) in [6.07, 6.45) is 9.96. The zero-order chi connectivity index (χ0) is 20.6. The average Bonchev–Trinajstić information content (AvgIpc) is 3.00. The van der Waals surface area contributed by atoms with Gasteiger partial charge in [-0.3, -0.25) is 4.21 Å². The molecular formula is C21H23ClN4O2S. The van der Waals surface area contributed by atoms with Gasteiger partial charge in [-0.05, 0) is 43.0 Å². The molecule has 2 heterocycles. The third-order valence-electron chi connectivity index (χ3n) is 5.51. The highest BCUT2D eigenvalue weighted by molar-refractivity contribution is 7.84. The lowest BCUT2D eigenvalue weighted by atomic mass is 9.77. The highest BCUT2D eigenvalue weighted by atomic mass is 35.5. The monoisotopic (exact) mass is 430 g/mol. The maximum atomic E-state index is 12.4. The second-order valence-electron chi connectivity index (χ2n) is 7.45. The van der Waals surface area contributed by atoms with Gasteiger partial charge in [-0.1, -0.05) is 29.8 Å². The lowest BCUT2D eigenvalue weighted by Crippen LogP contribution is -2.48. The largest absolute Gasteiger partial charge is 0.394 e. The third-order valence-corrected chi connectivity index (χ3v) is 6.69. The highest BCUT2D eigenvalue weighted by Gasteiger charge is 2.37. The highest BCUT2D eigenvalue weighted by Crippen LogP contribution is 2.39. The number of anilines is 1. The van der Waals surface area contributed by atoms with Crippen LogP contribution in [0.1, 0.15) is 30.7 Å². The first-order valence-electron chi connectivity index (χ1n) is 9.44. The molecule has 8 heteroatoms. The van der Waals surface area contributed by atoms with Crippen molar-refractivity contribution in [2.75, 3.05) is 18.2 Å². The molecule has 0 spiro atoms. The minimum atomic E-state index is -1.22. The van der Waals surface area contributed by atoms with Crippen molar-refractivity contribution >= 4 is 51.4 Å². The van der Waals surface area contributed by atoms with Crippen molar-refractivity contribution < 1.29 is 9.32 Å². The number of hydrogen-bond acceptors (Lipinski definition) is 5. The first-order valence-corrected chi connectivity index (χ1v) is 11.4. The van der Waals surface area contributed by atoms with Gasteiger partial charge < -0.3 is 15.0 Å². The van der Waals surface area contributed by atoms with Crippen LogP contribution < -0.4 is 5.32 Å². The van der Waals surface area contributed by atoms with Crippen molar-refractivity contribution in [1.82, 2.24) is 14.5 Å². The van der Waals surface area contributed by atoms with Crippen LogP contribution in [0, 0.1) is 0 Å². The van der Waals surface area contributed by atoms with E-state index in [4.69, 9.17) is 11.6 Å². The van der Waals surface area contributed by atoms with E-state index in [2.05, 4.69) is 15.3 Å². The number of nitrogens with zero attached hydrogens (tertiary/aromatic N) is 3. The number of hydrogen-bond donors (Lipinski definition) is 2. The number of benzene rings is 1. The van der Waals surface area contributed by atoms with Gasteiger partial charge in [0.05, 0.1) is 33.5 Å². The molecule has 29 heavy (non-hydrogen) atoms. The third kappa shape index (κ3) is 3.82. The van der Waals surface area contributed by atoms with Crippen LogP contribution in [-0.4, -0.2) is 42.3 Å². The van der Waals surface area contributed by atoms with Gasteiger partial charge in [-0.2, -0.15) is 0 Å². The molecule has 0 unspecified atom stereocenters. The van der Waals surface area contributed by atoms with Crippen LogP contribution in [0.3, 0.4) is 0 Å². The number of imidazole rings is 1. The molecule has 1 aromatic carbocycles. The van der Waals surface area contributed by atoms with Gasteiger partial charge in [0, 0.05) is 24.5 Å². The topological polar surface area (TPSA) is 80.0 Å². The smallest absolute Gasteiger partial charge is 0.180 e. The number of aryl methyl sites for hydroxylation is 1. The summed E-state index contributed by atoms with van der Waals surface area (Å²) < 4.78 is 14.3. The maximum Gasteiger partial charge on any atom is 0.180 e. The summed E-state index contributed by atoms with van der Waals surface area (Å²) in [6, 6.07) is 7.56. The fourth-order valence-corrected chi connectivity index (χ4v) is 4.36. The maximum absolute atomic E-state index is 12.4. The number of pyridine rings is 1. The fraction of sp³-hybridized carbons (Fsp3) is 0.333. The van der Waals surface area contributed by atoms with Crippen LogP contribution >= 0.6 is 11.6 Å². The molecule has 1 aliphatic rings. The van der Waals surface area contributed by atoms with Crippen LogP contribution in [-0.2, 0) is 17.8 Å². The lowest BCUT2D eigenvalue weighted by Gasteiger charge is -2.42. The number of aliphatic hydroxyl groups is 1. The molecular weight excluding hydrogens is 408 g/mol. The van der Waals surface area contributed by atoms with E-state index < -0.39 is 10.8 Å². The van der Waals surface area contributed by atoms with Crippen molar-refractivity contribution in [3.63, 3.8) is 0 Å². The van der Waals surface area contributed by atoms with Crippen LogP contribution in [0.4, 0.5) is 5.69 Å². The van der Waals surface area contributed by atoms with Crippen LogP contribution in [0.25, 0.3) is 23.3 Å². The van der Waals surface area contributed by atoms with E-state index in [1.807, 2.05) is 48.0 Å². The fourth-order valence-electron chi connectivity index (χ4n) is 3.60. The van der Waals surface area contributed by atoms with Crippen LogP contribution in [0.5, 0.6) is 0 Å². The summed E-state index contributed by atoms with van der Waals surface area (Å²) in [5.41, 5.74) is 2.74. The van der Waals surface area contributed by atoms with E-state index in [0.717, 1.165) is 41.9 Å². The molecule has 1 fully saturated rings. The zero-order valence-corrected chi connectivity index (χ0v) is 17.9. The van der Waals surface area contributed by atoms with E-state index in [9.17, 15) is 9.32 Å². The molecule has 0 aliphatic heterocycles. The summed E-state index contributed by atoms with van der Waals surface area (Å²) >= 11 is 5.95. The molecule has 1 atom stereocenters. The Kier molecular flexibility index (Phi) is 5.46. The number of nitrogens with one attached hydrogen (secondary N) is 1. The Labute approximate surface area is 177 Å². The molecule has 0 radical (unpaired) electrons. The lowest BCUT2D eigenvalue weighted by molar-refractivity contribution is 0.144. The van der Waals surface area contributed by atoms with E-state index >= 15 is 0 Å². The number of fused-ring (bicyclic) bond motifs is 1. The second-order valence-corrected chi connectivity index (χ2v) is 9.24. The Hall–Kier alpha value is -2.22. The zero-order valence-electron chi connectivity index (χ0n) is 16.4. The second kappa shape index (κ2) is 7.89. The van der Waals surface area contributed by atoms with Crippen molar-refractivity contribution in [2.24, 2.45) is 7.05 Å². The van der Waals surface area contributed by atoms with Crippen molar-refractivity contribution in [3.05, 3.63) is 46.9 Å². The predicted octanol–water partition coefficient (Wildman–Crippen LogP) is 3.86. The minimum absolute atomic E-state index is 0.0355. The molecule has 0 amide bonds. The molecule has 2 N–H and O–H groups in total. The van der Waals surface area contributed by atoms with Gasteiger partial charge in [0.1, 0.15) is 11.3 Å². The molecule has 1 saturated carbocycles. The average molecular weight is 431 g/mol. The van der Waals surface area contributed by atoms with Crippen molar-refractivity contribution in [1.29, 1.82) is 0 Å². The van der Waals surface area contributed by atoms with Gasteiger partial charge in [0.2, 0.25) is 0 Å². The molecule has 1 aliphatic carbocycles. The SMILES string of the molecule is Cn1c(/C=C/c2ccc(Cl)cc2)nc2ncc([S@@](C)=O)c(NC3(CO)CCC3)c21. The standard InChI is InChI=1S/C21H23ClN4O2S/c1-26-17(9-6-14-4-7-15(22)8-5-14)24-20-19(26)18(16(12-23-20)29(2)28)25-21(13-27)10-3-11-21/h4-9,12,27H,3,10-11,13H2,1-2H3,(H,23,25)/b9-6+/t29-/m1/s1. The Balaban J connectivity index is 1.79. The molecule has 2 aromatic heterocycles. The first-order chi connectivity index (χ1) is 13.9. The van der Waals surface area contributed by atoms with Gasteiger partial charge >= 0.3 is 0 Å². The quantitative estimate of drug-likeness (QED) is 0.620. The molecule has 6 nitrogen and oxygen atoms in total. The number of rotatable bonds is 6. The van der Waals surface area contributed by atoms with E-state index in [0.29, 0.717) is 15.6 Å². The Morgan fingerprint density at radius 3 is 2.62 bits per heavy atom. The molecule has 0 saturated heterocycles. The molecule has 3 aromatic rings. The van der Waals surface area contributed by atoms with Crippen LogP contribution in [0.15, 0.2) is 35.4 Å². The Morgan fingerprint density at radius 1 is 1.31 bits per heavy atom. The summed E-state index contributed by atoms with van der Waals surface area (Å²) in [4.78, 5) is 9.69. The Bertz CT molecular complexity index is 1100. The number of halogens is 1. The van der Waals surface area contributed by atoms with E-state index in [1.54, 1.807) is 12.5 Å². The van der Waals surface area contributed by atoms with Crippen molar-refractivity contribution in [2.45, 2.75) is 29.7 Å². The van der Waals surface area contributed by atoms with Gasteiger partial charge in [0.15, 0.2) is 5.65 Å². The predicted molar refractivity (Wildman–Crippen MR) is 119 cm³/mol.